The van der Waals surface area contributed by atoms with Crippen molar-refractivity contribution in [1.29, 1.82) is 0 Å². The number of hydrogen-bond donors (Lipinski definition) is 3. The number of phenols is 1. The minimum absolute atomic E-state index is 0. The maximum Gasteiger partial charge on any atom is 1.00 e. The fourth-order valence-electron chi connectivity index (χ4n) is 4.69. The SMILES string of the molecule is CCOc1nc(Nc2ccccc2S(=O)(=O)[O-])nc(Nc2cc(S(=O)(=O)[O-])cc3cc(S(=O)(=O)[O-])c(N=Nc4ccc(C)cc4S(=O)(=O)[O-])c(O)c23)n1.[Li+].[Li+].[Li+].[Li+]. The summed E-state index contributed by atoms with van der Waals surface area (Å²) in [6.45, 7) is 2.97. The Kier molecular flexibility index (Phi) is 18.1. The number of nitrogens with zero attached hydrogens (tertiary/aromatic N) is 5. The van der Waals surface area contributed by atoms with Gasteiger partial charge in [-0.1, -0.05) is 18.2 Å². The zero-order chi connectivity index (χ0) is 39.1. The number of hydrogen-bond acceptors (Lipinski definition) is 21. The van der Waals surface area contributed by atoms with Crippen LogP contribution >= 0.6 is 0 Å². The fourth-order valence-corrected chi connectivity index (χ4v) is 7.20. The number of aromatic hydroxyl groups is 1. The Balaban J connectivity index is 0.00000406. The van der Waals surface area contributed by atoms with Crippen molar-refractivity contribution in [3.05, 3.63) is 66.2 Å². The first-order chi connectivity index (χ1) is 24.6. The van der Waals surface area contributed by atoms with E-state index in [1.807, 2.05) is 0 Å². The minimum Gasteiger partial charge on any atom is -0.744 e. The van der Waals surface area contributed by atoms with E-state index in [1.54, 1.807) is 6.92 Å². The van der Waals surface area contributed by atoms with E-state index in [4.69, 9.17) is 4.74 Å². The molecule has 1 aromatic heterocycles. The molecule has 0 aliphatic heterocycles. The molecule has 57 heavy (non-hydrogen) atoms. The number of nitrogens with one attached hydrogen (secondary N) is 2. The number of anilines is 4. The number of phenolic OH excluding ortho intramolecular Hbond substituents is 1. The van der Waals surface area contributed by atoms with E-state index in [0.29, 0.717) is 23.8 Å². The van der Waals surface area contributed by atoms with Crippen LogP contribution in [0.1, 0.15) is 12.5 Å². The van der Waals surface area contributed by atoms with Gasteiger partial charge in [-0.05, 0) is 67.3 Å². The third kappa shape index (κ3) is 12.5. The smallest absolute Gasteiger partial charge is 0.744 e. The molecule has 0 fully saturated rings. The molecule has 21 nitrogen and oxygen atoms in total. The third-order valence-electron chi connectivity index (χ3n) is 6.86. The maximum absolute atomic E-state index is 12.3. The molecule has 0 amide bonds. The number of azo groups is 1. The molecule has 0 saturated carbocycles. The molecule has 0 spiro atoms. The molecule has 29 heteroatoms. The van der Waals surface area contributed by atoms with Gasteiger partial charge in [0.05, 0.1) is 37.6 Å². The van der Waals surface area contributed by atoms with Crippen LogP contribution in [0.15, 0.2) is 90.5 Å². The summed E-state index contributed by atoms with van der Waals surface area (Å²) in [6.07, 6.45) is 0. The van der Waals surface area contributed by atoms with Crippen molar-refractivity contribution < 1.29 is 137 Å². The van der Waals surface area contributed by atoms with E-state index in [0.717, 1.165) is 18.2 Å². The molecule has 3 N–H and O–H groups in total. The fraction of sp³-hybridized carbons (Fsp3) is 0.107. The zero-order valence-corrected chi connectivity index (χ0v) is 33.9. The summed E-state index contributed by atoms with van der Waals surface area (Å²) in [5.74, 6) is -2.16. The van der Waals surface area contributed by atoms with Gasteiger partial charge in [-0.15, -0.1) is 10.2 Å². The molecule has 5 aromatic rings. The second kappa shape index (κ2) is 19.8. The molecule has 0 aliphatic rings. The number of rotatable bonds is 12. The van der Waals surface area contributed by atoms with Crippen molar-refractivity contribution in [3.63, 3.8) is 0 Å². The van der Waals surface area contributed by atoms with Crippen molar-refractivity contribution >= 4 is 85.9 Å². The Hall–Kier alpha value is -3.02. The second-order valence-electron chi connectivity index (χ2n) is 10.6. The van der Waals surface area contributed by atoms with Crippen LogP contribution in [0.25, 0.3) is 10.8 Å². The van der Waals surface area contributed by atoms with Gasteiger partial charge in [-0.25, -0.2) is 33.7 Å². The van der Waals surface area contributed by atoms with Gasteiger partial charge in [0.1, 0.15) is 51.8 Å². The molecular weight excluding hydrogens is 814 g/mol. The number of benzene rings is 4. The molecule has 0 unspecified atom stereocenters. The average Bonchev–Trinajstić information content (AvgIpc) is 3.03. The van der Waals surface area contributed by atoms with Crippen LogP contribution in [0.4, 0.5) is 34.6 Å². The van der Waals surface area contributed by atoms with Crippen LogP contribution in [0.3, 0.4) is 0 Å². The Bertz CT molecular complexity index is 2800. The Labute approximate surface area is 373 Å². The van der Waals surface area contributed by atoms with Crippen LogP contribution in [0.2, 0.25) is 0 Å². The van der Waals surface area contributed by atoms with Gasteiger partial charge < -0.3 is 38.7 Å². The van der Waals surface area contributed by atoms with E-state index in [9.17, 15) is 57.0 Å². The van der Waals surface area contributed by atoms with Crippen LogP contribution in [0.5, 0.6) is 11.8 Å². The Morgan fingerprint density at radius 3 is 1.77 bits per heavy atom. The topological polar surface area (TPSA) is 346 Å². The molecule has 5 rings (SSSR count). The second-order valence-corrected chi connectivity index (χ2v) is 16.0. The number of aromatic nitrogens is 3. The number of fused-ring (bicyclic) bond motifs is 1. The van der Waals surface area contributed by atoms with Crippen molar-refractivity contribution in [2.45, 2.75) is 33.4 Å². The Morgan fingerprint density at radius 2 is 1.23 bits per heavy atom. The van der Waals surface area contributed by atoms with Gasteiger partial charge >= 0.3 is 81.5 Å². The maximum atomic E-state index is 12.3. The largest absolute Gasteiger partial charge is 1.00 e. The first-order valence-electron chi connectivity index (χ1n) is 14.3. The van der Waals surface area contributed by atoms with E-state index in [-0.39, 0.29) is 87.7 Å². The van der Waals surface area contributed by atoms with Gasteiger partial charge in [0, 0.05) is 5.39 Å². The summed E-state index contributed by atoms with van der Waals surface area (Å²) >= 11 is 0. The van der Waals surface area contributed by atoms with Crippen molar-refractivity contribution in [1.82, 2.24) is 15.0 Å². The van der Waals surface area contributed by atoms with Crippen molar-refractivity contribution in [2.75, 3.05) is 17.2 Å². The van der Waals surface area contributed by atoms with Crippen LogP contribution in [-0.2, 0) is 40.5 Å². The predicted molar refractivity (Wildman–Crippen MR) is 177 cm³/mol. The summed E-state index contributed by atoms with van der Waals surface area (Å²) in [7, 11) is -21.1. The molecule has 0 aliphatic carbocycles. The van der Waals surface area contributed by atoms with Crippen LogP contribution < -0.4 is 90.8 Å². The molecule has 1 heterocycles. The monoisotopic (exact) mass is 835 g/mol. The summed E-state index contributed by atoms with van der Waals surface area (Å²) in [5.41, 5.74) is -2.19. The molecule has 0 atom stereocenters. The average molecular weight is 836 g/mol. The summed E-state index contributed by atoms with van der Waals surface area (Å²) in [6, 6.07) is 9.62. The predicted octanol–water partition coefficient (Wildman–Crippen LogP) is -9.03. The van der Waals surface area contributed by atoms with Gasteiger partial charge in [0.15, 0.2) is 5.75 Å². The van der Waals surface area contributed by atoms with Crippen LogP contribution in [-0.4, -0.2) is 78.5 Å². The normalized spacial score (nSPS) is 11.8. The van der Waals surface area contributed by atoms with E-state index in [2.05, 4.69) is 35.8 Å². The quantitative estimate of drug-likeness (QED) is 0.0597. The number of para-hydroxylation sites is 1. The van der Waals surface area contributed by atoms with Crippen molar-refractivity contribution in [3.8, 4) is 11.8 Å². The number of aryl methyl sites for hydroxylation is 1. The summed E-state index contributed by atoms with van der Waals surface area (Å²) in [4.78, 5) is 8.15. The van der Waals surface area contributed by atoms with E-state index < -0.39 is 112 Å². The molecule has 280 valence electrons. The van der Waals surface area contributed by atoms with Gasteiger partial charge in [-0.2, -0.15) is 15.0 Å². The third-order valence-corrected chi connectivity index (χ3v) is 10.3. The van der Waals surface area contributed by atoms with Gasteiger partial charge in [0.2, 0.25) is 11.9 Å². The number of ether oxygens (including phenoxy) is 1. The van der Waals surface area contributed by atoms with Gasteiger partial charge in [0.25, 0.3) is 0 Å². The van der Waals surface area contributed by atoms with E-state index >= 15 is 0 Å². The first-order valence-corrected chi connectivity index (χ1v) is 19.9. The van der Waals surface area contributed by atoms with Crippen LogP contribution in [0, 0.1) is 6.92 Å². The molecule has 4 aromatic carbocycles. The van der Waals surface area contributed by atoms with Gasteiger partial charge in [-0.3, -0.25) is 0 Å². The van der Waals surface area contributed by atoms with E-state index in [1.165, 1.54) is 31.2 Å². The minimum atomic E-state index is -5.59. The standard InChI is InChI=1S/C28H25N7O14S4.4Li/c1-3-49-28-32-26(29-17-6-4-5-7-20(17)51(40,41)42)31-27(33-28)30-19-13-16(50(37,38)39)11-15-12-22(53(46,47)48)24(25(36)23(15)19)35-34-18-9-8-14(2)10-21(18)52(43,44)45;;;;/h4-13,36H,3H2,1-2H3,(H,37,38,39)(H,40,41,42)(H,43,44,45)(H,46,47,48)(H2,29,30,31,32,33);;;;/q;4*+1/p-4. The van der Waals surface area contributed by atoms with Crippen molar-refractivity contribution in [2.24, 2.45) is 10.2 Å². The zero-order valence-electron chi connectivity index (χ0n) is 30.6. The summed E-state index contributed by atoms with van der Waals surface area (Å²) in [5, 5.41) is 22.6. The molecular formula is C28H21Li4N7O14S4. The molecule has 0 bridgehead atoms. The first kappa shape index (κ1) is 52.0. The Morgan fingerprint density at radius 1 is 0.667 bits per heavy atom. The summed E-state index contributed by atoms with van der Waals surface area (Å²) < 4.78 is 150. The molecule has 0 radical (unpaired) electrons. The molecule has 0 saturated heterocycles.